The van der Waals surface area contributed by atoms with Crippen molar-refractivity contribution in [3.05, 3.63) is 0 Å². The highest BCUT2D eigenvalue weighted by Crippen LogP contribution is 2.12. The predicted octanol–water partition coefficient (Wildman–Crippen LogP) is 3.52. The van der Waals surface area contributed by atoms with Crippen LogP contribution in [0.1, 0.15) is 25.7 Å². The molecule has 0 atom stereocenters. The fraction of sp³-hybridized carbons (Fsp3) is 1.00. The van der Waals surface area contributed by atoms with Gasteiger partial charge in [-0.05, 0) is 6.42 Å². The van der Waals surface area contributed by atoms with Crippen molar-refractivity contribution in [1.29, 1.82) is 0 Å². The Morgan fingerprint density at radius 3 is 2.40 bits per heavy atom. The van der Waals surface area contributed by atoms with E-state index < -0.39 is 0 Å². The number of halogens is 2. The lowest BCUT2D eigenvalue weighted by molar-refractivity contribution is 0.691. The van der Waals surface area contributed by atoms with E-state index in [0.29, 0.717) is 0 Å². The molecular formula is C7H14Cl2Si. The topological polar surface area (TPSA) is 0 Å². The first kappa shape index (κ1) is 10.8. The Kier molecular flexibility index (Phi) is 8.53. The average molecular weight is 197 g/mol. The number of hydrogen-bond donors (Lipinski definition) is 0. The molecule has 0 aromatic rings. The lowest BCUT2D eigenvalue weighted by Gasteiger charge is -1.99. The second-order valence-electron chi connectivity index (χ2n) is 2.34. The minimum atomic E-state index is -0.149. The van der Waals surface area contributed by atoms with Gasteiger partial charge in [-0.1, -0.05) is 31.9 Å². The van der Waals surface area contributed by atoms with Gasteiger partial charge in [0.2, 0.25) is 0 Å². The van der Waals surface area contributed by atoms with E-state index in [1.54, 1.807) is 0 Å². The Bertz CT molecular complexity index is 66.6. The zero-order valence-electron chi connectivity index (χ0n) is 6.37. The van der Waals surface area contributed by atoms with Crippen LogP contribution in [0.4, 0.5) is 0 Å². The van der Waals surface area contributed by atoms with Gasteiger partial charge in [-0.15, -0.1) is 23.2 Å². The summed E-state index contributed by atoms with van der Waals surface area (Å²) in [6.45, 7) is 2.24. The van der Waals surface area contributed by atoms with Gasteiger partial charge in [-0.3, -0.25) is 0 Å². The minimum Gasteiger partial charge on any atom is -0.105 e. The first-order valence-corrected chi connectivity index (χ1v) is 6.28. The van der Waals surface area contributed by atoms with E-state index >= 15 is 0 Å². The van der Waals surface area contributed by atoms with Crippen LogP contribution in [0, 0.1) is 0 Å². The molecule has 0 fully saturated rings. The fourth-order valence-corrected chi connectivity index (χ4v) is 1.69. The monoisotopic (exact) mass is 196 g/mol. The molecule has 0 nitrogen and oxygen atoms in total. The SMILES string of the molecule is C[Si]CCCCCC(Cl)Cl. The Hall–Kier alpha value is 0.797. The molecule has 0 saturated carbocycles. The summed E-state index contributed by atoms with van der Waals surface area (Å²) in [5.74, 6) is 0. The first-order chi connectivity index (χ1) is 4.77. The van der Waals surface area contributed by atoms with Gasteiger partial charge in [0, 0.05) is 9.52 Å². The fourth-order valence-electron chi connectivity index (χ4n) is 0.777. The first-order valence-electron chi connectivity index (χ1n) is 3.70. The largest absolute Gasteiger partial charge is 0.107 e. The smallest absolute Gasteiger partial charge is 0.105 e. The lowest BCUT2D eigenvalue weighted by Crippen LogP contribution is -1.87. The molecule has 0 heterocycles. The predicted molar refractivity (Wildman–Crippen MR) is 50.4 cm³/mol. The van der Waals surface area contributed by atoms with Crippen molar-refractivity contribution in [2.75, 3.05) is 0 Å². The Morgan fingerprint density at radius 1 is 1.20 bits per heavy atom. The van der Waals surface area contributed by atoms with Crippen molar-refractivity contribution in [1.82, 2.24) is 0 Å². The Labute approximate surface area is 76.1 Å². The van der Waals surface area contributed by atoms with Gasteiger partial charge in [-0.2, -0.15) is 0 Å². The maximum atomic E-state index is 5.56. The van der Waals surface area contributed by atoms with E-state index in [0.717, 1.165) is 15.9 Å². The maximum Gasteiger partial charge on any atom is 0.107 e. The lowest BCUT2D eigenvalue weighted by atomic mass is 10.2. The zero-order valence-corrected chi connectivity index (χ0v) is 8.88. The van der Waals surface area contributed by atoms with Gasteiger partial charge in [0.05, 0.1) is 0 Å². The summed E-state index contributed by atoms with van der Waals surface area (Å²) in [5, 5.41) is 0. The molecule has 60 valence electrons. The molecule has 0 spiro atoms. The van der Waals surface area contributed by atoms with E-state index in [9.17, 15) is 0 Å². The number of hydrogen-bond acceptors (Lipinski definition) is 0. The molecular weight excluding hydrogens is 183 g/mol. The quantitative estimate of drug-likeness (QED) is 0.347. The molecule has 10 heavy (non-hydrogen) atoms. The van der Waals surface area contributed by atoms with Gasteiger partial charge < -0.3 is 0 Å². The highest BCUT2D eigenvalue weighted by Gasteiger charge is 1.96. The van der Waals surface area contributed by atoms with Gasteiger partial charge >= 0.3 is 0 Å². The van der Waals surface area contributed by atoms with Crippen LogP contribution in [-0.2, 0) is 0 Å². The summed E-state index contributed by atoms with van der Waals surface area (Å²) < 4.78 is 0. The van der Waals surface area contributed by atoms with E-state index in [4.69, 9.17) is 23.2 Å². The number of unbranched alkanes of at least 4 members (excludes halogenated alkanes) is 2. The molecule has 0 aliphatic heterocycles. The third-order valence-electron chi connectivity index (χ3n) is 1.35. The normalized spacial score (nSPS) is 10.8. The van der Waals surface area contributed by atoms with Crippen molar-refractivity contribution < 1.29 is 0 Å². The molecule has 3 heteroatoms. The molecule has 0 aromatic carbocycles. The third-order valence-corrected chi connectivity index (χ3v) is 2.64. The van der Waals surface area contributed by atoms with Crippen LogP contribution in [0.25, 0.3) is 0 Å². The van der Waals surface area contributed by atoms with Crippen LogP contribution in [0.2, 0.25) is 12.6 Å². The van der Waals surface area contributed by atoms with Crippen molar-refractivity contribution >= 4 is 32.7 Å². The van der Waals surface area contributed by atoms with Crippen LogP contribution >= 0.6 is 23.2 Å². The summed E-state index contributed by atoms with van der Waals surface area (Å²) in [5.41, 5.74) is 0. The van der Waals surface area contributed by atoms with Crippen molar-refractivity contribution in [2.45, 2.75) is 43.1 Å². The van der Waals surface area contributed by atoms with E-state index in [1.165, 1.54) is 25.3 Å². The van der Waals surface area contributed by atoms with Crippen LogP contribution in [0.5, 0.6) is 0 Å². The van der Waals surface area contributed by atoms with E-state index in [1.807, 2.05) is 0 Å². The molecule has 0 N–H and O–H groups in total. The molecule has 0 rings (SSSR count). The van der Waals surface area contributed by atoms with E-state index in [2.05, 4.69) is 6.55 Å². The molecule has 0 saturated heterocycles. The van der Waals surface area contributed by atoms with Crippen molar-refractivity contribution in [3.8, 4) is 0 Å². The Morgan fingerprint density at radius 2 is 1.90 bits per heavy atom. The standard InChI is InChI=1S/C7H14Cl2Si/c1-10-6-4-2-3-5-7(8)9/h7H,2-6H2,1H3. The number of alkyl halides is 2. The van der Waals surface area contributed by atoms with Crippen LogP contribution in [-0.4, -0.2) is 14.4 Å². The highest BCUT2D eigenvalue weighted by atomic mass is 35.5. The summed E-state index contributed by atoms with van der Waals surface area (Å²) in [6.07, 6.45) is 4.77. The van der Waals surface area contributed by atoms with Gasteiger partial charge in [0.25, 0.3) is 0 Å². The zero-order chi connectivity index (χ0) is 7.82. The molecule has 0 unspecified atom stereocenters. The second-order valence-corrected chi connectivity index (χ2v) is 4.83. The van der Waals surface area contributed by atoms with Crippen molar-refractivity contribution in [2.24, 2.45) is 0 Å². The molecule has 0 aliphatic carbocycles. The minimum absolute atomic E-state index is 0.149. The highest BCUT2D eigenvalue weighted by molar-refractivity contribution is 6.44. The van der Waals surface area contributed by atoms with E-state index in [-0.39, 0.29) is 4.84 Å². The second kappa shape index (κ2) is 7.90. The maximum absolute atomic E-state index is 5.56. The van der Waals surface area contributed by atoms with Crippen molar-refractivity contribution in [3.63, 3.8) is 0 Å². The summed E-state index contributed by atoms with van der Waals surface area (Å²) in [6, 6.07) is 1.37. The van der Waals surface area contributed by atoms with Crippen LogP contribution < -0.4 is 0 Å². The van der Waals surface area contributed by atoms with Gasteiger partial charge in [0.15, 0.2) is 0 Å². The molecule has 0 bridgehead atoms. The van der Waals surface area contributed by atoms with Crippen LogP contribution in [0.3, 0.4) is 0 Å². The molecule has 0 aromatic heterocycles. The summed E-state index contributed by atoms with van der Waals surface area (Å²) in [7, 11) is 1.10. The van der Waals surface area contributed by atoms with Crippen LogP contribution in [0.15, 0.2) is 0 Å². The third kappa shape index (κ3) is 8.80. The van der Waals surface area contributed by atoms with Gasteiger partial charge in [-0.25, -0.2) is 0 Å². The molecule has 0 amide bonds. The number of rotatable bonds is 6. The molecule has 2 radical (unpaired) electrons. The Balaban J connectivity index is 2.77. The molecule has 0 aliphatic rings. The summed E-state index contributed by atoms with van der Waals surface area (Å²) in [4.78, 5) is -0.149. The summed E-state index contributed by atoms with van der Waals surface area (Å²) >= 11 is 11.1. The average Bonchev–Trinajstić information content (AvgIpc) is 1.87. The van der Waals surface area contributed by atoms with Gasteiger partial charge in [0.1, 0.15) is 4.84 Å².